The molecule has 6 heteroatoms. The van der Waals surface area contributed by atoms with Crippen LogP contribution < -0.4 is 11.1 Å². The summed E-state index contributed by atoms with van der Waals surface area (Å²) >= 11 is 0. The lowest BCUT2D eigenvalue weighted by atomic mass is 10.1. The molecule has 0 bridgehead atoms. The van der Waals surface area contributed by atoms with Crippen molar-refractivity contribution < 1.29 is 0 Å². The predicted molar refractivity (Wildman–Crippen MR) is 96.0 cm³/mol. The fourth-order valence-corrected chi connectivity index (χ4v) is 1.73. The second-order valence-corrected chi connectivity index (χ2v) is 4.20. The fourth-order valence-electron chi connectivity index (χ4n) is 1.73. The highest BCUT2D eigenvalue weighted by Gasteiger charge is 2.03. The first kappa shape index (κ1) is 21.1. The molecule has 0 saturated heterocycles. The van der Waals surface area contributed by atoms with Gasteiger partial charge in [0.25, 0.3) is 0 Å². The van der Waals surface area contributed by atoms with Crippen LogP contribution in [0.3, 0.4) is 0 Å². The number of benzene rings is 1. The zero-order valence-corrected chi connectivity index (χ0v) is 13.9. The van der Waals surface area contributed by atoms with Crippen LogP contribution in [0.2, 0.25) is 0 Å². The third kappa shape index (κ3) is 5.08. The minimum absolute atomic E-state index is 0. The largest absolute Gasteiger partial charge is 0.398 e. The molecular weight excluding hydrogens is 317 g/mol. The van der Waals surface area contributed by atoms with Crippen molar-refractivity contribution in [3.05, 3.63) is 47.3 Å². The molecule has 0 aromatic heterocycles. The molecule has 1 aromatic rings. The van der Waals surface area contributed by atoms with Gasteiger partial charge >= 0.3 is 0 Å². The number of rotatable bonds is 2. The summed E-state index contributed by atoms with van der Waals surface area (Å²) in [5.41, 5.74) is 11.3. The third-order valence-corrected chi connectivity index (χ3v) is 2.93. The van der Waals surface area contributed by atoms with Gasteiger partial charge in [0.1, 0.15) is 0 Å². The molecule has 1 heterocycles. The van der Waals surface area contributed by atoms with Crippen LogP contribution in [0, 0.1) is 13.8 Å². The molecular formula is C14H20Cl3N3. The van der Waals surface area contributed by atoms with Crippen LogP contribution in [0.4, 0.5) is 11.4 Å². The molecule has 1 aliphatic heterocycles. The maximum absolute atomic E-state index is 5.99. The van der Waals surface area contributed by atoms with E-state index in [2.05, 4.69) is 10.3 Å². The topological polar surface area (TPSA) is 50.4 Å². The first-order valence-corrected chi connectivity index (χ1v) is 5.68. The Kier molecular flexibility index (Phi) is 10.3. The number of nitrogens with two attached hydrogens (primary N) is 1. The van der Waals surface area contributed by atoms with E-state index < -0.39 is 0 Å². The quantitative estimate of drug-likeness (QED) is 0.785. The summed E-state index contributed by atoms with van der Waals surface area (Å²) in [5, 5.41) is 3.28. The molecule has 20 heavy (non-hydrogen) atoms. The van der Waals surface area contributed by atoms with Crippen LogP contribution in [0.1, 0.15) is 17.5 Å². The second-order valence-electron chi connectivity index (χ2n) is 4.20. The van der Waals surface area contributed by atoms with Gasteiger partial charge in [-0.2, -0.15) is 0 Å². The Hall–Kier alpha value is -1.16. The number of hydrogen-bond acceptors (Lipinski definition) is 3. The maximum atomic E-state index is 5.99. The number of hydrogen-bond donors (Lipinski definition) is 2. The van der Waals surface area contributed by atoms with Crippen molar-refractivity contribution in [1.82, 2.24) is 0 Å². The summed E-state index contributed by atoms with van der Waals surface area (Å²) in [6.45, 7) is 4.04. The summed E-state index contributed by atoms with van der Waals surface area (Å²) in [6, 6.07) is 4.08. The second kappa shape index (κ2) is 9.70. The molecule has 1 aliphatic rings. The molecule has 0 saturated carbocycles. The van der Waals surface area contributed by atoms with E-state index in [1.54, 1.807) is 0 Å². The Morgan fingerprint density at radius 2 is 1.90 bits per heavy atom. The van der Waals surface area contributed by atoms with Crippen LogP contribution in [-0.4, -0.2) is 6.21 Å². The molecule has 3 N–H and O–H groups in total. The number of allylic oxidation sites excluding steroid dienone is 2. The van der Waals surface area contributed by atoms with Crippen LogP contribution >= 0.6 is 37.2 Å². The number of aryl methyl sites for hydroxylation is 1. The Bertz CT molecular complexity index is 523. The van der Waals surface area contributed by atoms with Crippen molar-refractivity contribution in [1.29, 1.82) is 0 Å². The molecule has 1 aromatic carbocycles. The normalized spacial score (nSPS) is 14.0. The highest BCUT2D eigenvalue weighted by molar-refractivity contribution is 5.86. The standard InChI is InChI=1S/C14H17N3.3ClH/c1-10-5-6-13(11(2)14(10)15)17-9-12-4-3-7-16-8-12;;;/h3,5-9,17H,4,15H2,1-2H3;3*1H. The summed E-state index contributed by atoms with van der Waals surface area (Å²) in [4.78, 5) is 4.09. The van der Waals surface area contributed by atoms with Gasteiger partial charge in [0.05, 0.1) is 0 Å². The first-order chi connectivity index (χ1) is 8.18. The smallest absolute Gasteiger partial charge is 0.0430 e. The lowest BCUT2D eigenvalue weighted by Crippen LogP contribution is -2.00. The average Bonchev–Trinajstić information content (AvgIpc) is 2.36. The molecule has 3 nitrogen and oxygen atoms in total. The van der Waals surface area contributed by atoms with Gasteiger partial charge in [0, 0.05) is 30.0 Å². The van der Waals surface area contributed by atoms with Crippen LogP contribution in [0.15, 0.2) is 41.2 Å². The lowest BCUT2D eigenvalue weighted by molar-refractivity contribution is 1.26. The Labute approximate surface area is 138 Å². The van der Waals surface area contributed by atoms with Gasteiger partial charge in [-0.1, -0.05) is 12.1 Å². The van der Waals surface area contributed by atoms with Gasteiger partial charge in [-0.05, 0) is 43.0 Å². The number of halogens is 3. The summed E-state index contributed by atoms with van der Waals surface area (Å²) in [7, 11) is 0. The number of nitrogens with zero attached hydrogens (tertiary/aromatic N) is 1. The van der Waals surface area contributed by atoms with E-state index in [1.807, 2.05) is 50.7 Å². The van der Waals surface area contributed by atoms with Gasteiger partial charge in [-0.15, -0.1) is 37.2 Å². The number of anilines is 2. The molecule has 0 amide bonds. The van der Waals surface area contributed by atoms with E-state index >= 15 is 0 Å². The summed E-state index contributed by atoms with van der Waals surface area (Å²) < 4.78 is 0. The van der Waals surface area contributed by atoms with Crippen molar-refractivity contribution in [2.45, 2.75) is 20.3 Å². The molecule has 0 fully saturated rings. The van der Waals surface area contributed by atoms with E-state index in [1.165, 1.54) is 0 Å². The molecule has 0 atom stereocenters. The number of nitrogens with one attached hydrogen (secondary N) is 1. The molecule has 0 spiro atoms. The first-order valence-electron chi connectivity index (χ1n) is 5.68. The van der Waals surface area contributed by atoms with E-state index in [0.717, 1.165) is 34.5 Å². The van der Waals surface area contributed by atoms with E-state index in [4.69, 9.17) is 5.73 Å². The molecule has 2 rings (SSSR count). The van der Waals surface area contributed by atoms with E-state index in [9.17, 15) is 0 Å². The monoisotopic (exact) mass is 335 g/mol. The highest BCUT2D eigenvalue weighted by atomic mass is 35.5. The van der Waals surface area contributed by atoms with Crippen LogP contribution in [0.5, 0.6) is 0 Å². The fraction of sp³-hybridized carbons (Fsp3) is 0.214. The minimum Gasteiger partial charge on any atom is -0.398 e. The molecule has 0 radical (unpaired) electrons. The van der Waals surface area contributed by atoms with Gasteiger partial charge in [-0.25, -0.2) is 0 Å². The summed E-state index contributed by atoms with van der Waals surface area (Å²) in [6.07, 6.45) is 8.59. The molecule has 0 unspecified atom stereocenters. The predicted octanol–water partition coefficient (Wildman–Crippen LogP) is 4.44. The lowest BCUT2D eigenvalue weighted by Gasteiger charge is -2.11. The van der Waals surface area contributed by atoms with Crippen molar-refractivity contribution in [2.75, 3.05) is 11.1 Å². The maximum Gasteiger partial charge on any atom is 0.0430 e. The van der Waals surface area contributed by atoms with Crippen LogP contribution in [0.25, 0.3) is 0 Å². The SMILES string of the molecule is Cc1ccc(NC=C2C=NC=CC2)c(C)c1N.Cl.Cl.Cl. The average molecular weight is 337 g/mol. The number of nitrogen functional groups attached to an aromatic ring is 1. The number of aliphatic imine (C=N–C) groups is 1. The van der Waals surface area contributed by atoms with Crippen molar-refractivity contribution in [2.24, 2.45) is 4.99 Å². The Morgan fingerprint density at radius 3 is 2.50 bits per heavy atom. The third-order valence-electron chi connectivity index (χ3n) is 2.93. The van der Waals surface area contributed by atoms with Crippen molar-refractivity contribution in [3.8, 4) is 0 Å². The van der Waals surface area contributed by atoms with Gasteiger partial charge in [-0.3, -0.25) is 4.99 Å². The molecule has 0 aliphatic carbocycles. The van der Waals surface area contributed by atoms with E-state index in [0.29, 0.717) is 0 Å². The Morgan fingerprint density at radius 1 is 1.20 bits per heavy atom. The Balaban J connectivity index is 0. The van der Waals surface area contributed by atoms with Gasteiger partial charge < -0.3 is 11.1 Å². The van der Waals surface area contributed by atoms with Crippen LogP contribution in [-0.2, 0) is 0 Å². The van der Waals surface area contributed by atoms with Crippen molar-refractivity contribution >= 4 is 54.8 Å². The highest BCUT2D eigenvalue weighted by Crippen LogP contribution is 2.24. The van der Waals surface area contributed by atoms with Gasteiger partial charge in [0.15, 0.2) is 0 Å². The summed E-state index contributed by atoms with van der Waals surface area (Å²) in [5.74, 6) is 0. The van der Waals surface area contributed by atoms with Gasteiger partial charge in [0.2, 0.25) is 0 Å². The van der Waals surface area contributed by atoms with Crippen molar-refractivity contribution in [3.63, 3.8) is 0 Å². The van der Waals surface area contributed by atoms with E-state index in [-0.39, 0.29) is 37.2 Å². The molecule has 112 valence electrons. The minimum atomic E-state index is 0. The zero-order chi connectivity index (χ0) is 12.3. The zero-order valence-electron chi connectivity index (χ0n) is 11.4.